The molecule has 0 radical (unpaired) electrons. The lowest BCUT2D eigenvalue weighted by Crippen LogP contribution is -2.52. The molecule has 4 aromatic rings. The number of aldehydes is 1. The standard InChI is InChI=1S/C26H29N3O3.C18H21N3O3.C8H8O.CH4.ClH/c1-17-3-2-4-18(13-17)15-28-11-9-19(10-12-28)20-5-6-22-21(14-20)16-29(26(22)32)23-7-8-24(30)27-25(23)31;22-16-4-3-15(17(23)20-16)21-10-13-9-12(1-2-14(13)18(21)24)11-5-7-19-8-6-11;1-7-3-2-4-8(5-7)6-9;;/h2-6,13-14,19,23H,7-12,15-16H2,1H3,(H,27,30,31);1-2,9,11,15,19H,3-8,10H2,(H,20,22,23);2-6H,1H3;1H4;1H. The fourth-order valence-corrected chi connectivity index (χ4v) is 10.1. The van der Waals surface area contributed by atoms with E-state index in [2.05, 4.69) is 76.3 Å². The van der Waals surface area contributed by atoms with E-state index in [0.717, 1.165) is 86.9 Å². The number of carbonyl (C=O) groups is 7. The number of likely N-dealkylation sites (tertiary alicyclic amines) is 1. The zero-order valence-electron chi connectivity index (χ0n) is 37.7. The predicted octanol–water partition coefficient (Wildman–Crippen LogP) is 6.92. The minimum Gasteiger partial charge on any atom is -0.322 e. The van der Waals surface area contributed by atoms with E-state index in [4.69, 9.17) is 0 Å². The summed E-state index contributed by atoms with van der Waals surface area (Å²) < 4.78 is 0. The van der Waals surface area contributed by atoms with Crippen molar-refractivity contribution in [2.45, 2.75) is 116 Å². The summed E-state index contributed by atoms with van der Waals surface area (Å²) in [6.07, 6.45) is 6.67. The first-order chi connectivity index (χ1) is 31.4. The predicted molar refractivity (Wildman–Crippen MR) is 259 cm³/mol. The molecule has 0 saturated carbocycles. The Bertz CT molecular complexity index is 2500. The fourth-order valence-electron chi connectivity index (χ4n) is 10.1. The van der Waals surface area contributed by atoms with Crippen LogP contribution in [0.4, 0.5) is 0 Å². The summed E-state index contributed by atoms with van der Waals surface area (Å²) >= 11 is 0. The van der Waals surface area contributed by atoms with Crippen LogP contribution in [-0.2, 0) is 38.8 Å². The molecule has 2 unspecified atom stereocenters. The summed E-state index contributed by atoms with van der Waals surface area (Å²) in [5, 5.41) is 8.07. The summed E-state index contributed by atoms with van der Waals surface area (Å²) in [6, 6.07) is 27.4. The minimum absolute atomic E-state index is 0. The largest absolute Gasteiger partial charge is 0.322 e. The second-order valence-electron chi connectivity index (χ2n) is 18.2. The third kappa shape index (κ3) is 11.9. The van der Waals surface area contributed by atoms with Gasteiger partial charge in [0.15, 0.2) is 0 Å². The Kier molecular flexibility index (Phi) is 17.0. The van der Waals surface area contributed by atoms with E-state index >= 15 is 0 Å². The number of aryl methyl sites for hydroxylation is 2. The number of benzene rings is 4. The molecule has 2 atom stereocenters. The van der Waals surface area contributed by atoms with Gasteiger partial charge in [0, 0.05) is 49.2 Å². The Morgan fingerprint density at radius 2 is 1.09 bits per heavy atom. The first-order valence-corrected chi connectivity index (χ1v) is 23.0. The van der Waals surface area contributed by atoms with Crippen LogP contribution in [0.15, 0.2) is 84.9 Å². The fraction of sp³-hybridized carbons (Fsp3) is 0.415. The highest BCUT2D eigenvalue weighted by atomic mass is 35.5. The number of nitrogens with one attached hydrogen (secondary N) is 3. The maximum Gasteiger partial charge on any atom is 0.255 e. The van der Waals surface area contributed by atoms with Crippen molar-refractivity contribution < 1.29 is 33.6 Å². The lowest BCUT2D eigenvalue weighted by atomic mass is 9.87. The zero-order chi connectivity index (χ0) is 45.6. The molecule has 354 valence electrons. The first kappa shape index (κ1) is 50.4. The molecule has 0 spiro atoms. The van der Waals surface area contributed by atoms with Crippen molar-refractivity contribution in [1.82, 2.24) is 30.7 Å². The second-order valence-corrected chi connectivity index (χ2v) is 18.2. The highest BCUT2D eigenvalue weighted by molar-refractivity contribution is 6.06. The van der Waals surface area contributed by atoms with Crippen molar-refractivity contribution >= 4 is 54.1 Å². The third-order valence-electron chi connectivity index (χ3n) is 13.6. The van der Waals surface area contributed by atoms with Crippen molar-refractivity contribution in [3.05, 3.63) is 141 Å². The summed E-state index contributed by atoms with van der Waals surface area (Å²) in [4.78, 5) is 88.6. The Labute approximate surface area is 399 Å². The molecule has 4 aromatic carbocycles. The van der Waals surface area contributed by atoms with Crippen molar-refractivity contribution in [2.75, 3.05) is 26.2 Å². The number of imide groups is 2. The molecule has 10 rings (SSSR count). The molecule has 0 aromatic heterocycles. The van der Waals surface area contributed by atoms with Gasteiger partial charge in [-0.05, 0) is 136 Å². The van der Waals surface area contributed by atoms with Gasteiger partial charge < -0.3 is 15.1 Å². The molecule has 14 heteroatoms. The van der Waals surface area contributed by atoms with Gasteiger partial charge in [0.25, 0.3) is 11.8 Å². The second kappa shape index (κ2) is 22.6. The topological polar surface area (TPSA) is 165 Å². The SMILES string of the molecule is C.Cc1cccc(C=O)c1.Cc1cccc(CN2CCC(c3ccc4c(c3)CN(C3CCC(=O)NC3=O)C4=O)CC2)c1.Cl.O=C1CCC(N2Cc3cc(C4CCNCC4)ccc3C2=O)C(=O)N1. The summed E-state index contributed by atoms with van der Waals surface area (Å²) in [5.74, 6) is -0.398. The smallest absolute Gasteiger partial charge is 0.255 e. The first-order valence-electron chi connectivity index (χ1n) is 23.0. The van der Waals surface area contributed by atoms with Gasteiger partial charge in [0.05, 0.1) is 0 Å². The van der Waals surface area contributed by atoms with E-state index in [-0.39, 0.29) is 68.1 Å². The number of nitrogens with zero attached hydrogens (tertiary/aromatic N) is 3. The molecule has 0 bridgehead atoms. The van der Waals surface area contributed by atoms with Gasteiger partial charge in [-0.15, -0.1) is 12.4 Å². The Morgan fingerprint density at radius 1 is 0.597 bits per heavy atom. The van der Waals surface area contributed by atoms with Crippen LogP contribution in [-0.4, -0.2) is 94.7 Å². The maximum atomic E-state index is 12.9. The highest BCUT2D eigenvalue weighted by Crippen LogP contribution is 2.35. The normalized spacial score (nSPS) is 20.7. The van der Waals surface area contributed by atoms with Crippen molar-refractivity contribution in [3.63, 3.8) is 0 Å². The monoisotopic (exact) mass is 930 g/mol. The average Bonchev–Trinajstić information content (AvgIpc) is 3.81. The maximum absolute atomic E-state index is 12.9. The highest BCUT2D eigenvalue weighted by Gasteiger charge is 2.41. The third-order valence-corrected chi connectivity index (χ3v) is 13.6. The van der Waals surface area contributed by atoms with Gasteiger partial charge in [0.2, 0.25) is 23.6 Å². The Morgan fingerprint density at radius 3 is 1.55 bits per heavy atom. The number of halogens is 1. The number of carbonyl (C=O) groups excluding carboxylic acids is 7. The zero-order valence-corrected chi connectivity index (χ0v) is 38.5. The van der Waals surface area contributed by atoms with E-state index in [1.807, 2.05) is 37.3 Å². The minimum atomic E-state index is -0.555. The number of amides is 6. The van der Waals surface area contributed by atoms with Crippen molar-refractivity contribution in [1.29, 1.82) is 0 Å². The molecular weight excluding hydrogens is 868 g/mol. The number of hydrogen-bond acceptors (Lipinski definition) is 9. The average molecular weight is 932 g/mol. The molecule has 4 fully saturated rings. The van der Waals surface area contributed by atoms with Crippen molar-refractivity contribution in [2.24, 2.45) is 0 Å². The molecule has 4 saturated heterocycles. The van der Waals surface area contributed by atoms with E-state index in [9.17, 15) is 33.6 Å². The van der Waals surface area contributed by atoms with Crippen LogP contribution in [0.1, 0.15) is 141 Å². The lowest BCUT2D eigenvalue weighted by molar-refractivity contribution is -0.138. The van der Waals surface area contributed by atoms with Crippen LogP contribution in [0, 0.1) is 13.8 Å². The molecule has 6 heterocycles. The number of fused-ring (bicyclic) bond motifs is 2. The van der Waals surface area contributed by atoms with Crippen LogP contribution in [0.5, 0.6) is 0 Å². The van der Waals surface area contributed by atoms with Gasteiger partial charge >= 0.3 is 0 Å². The van der Waals surface area contributed by atoms with Crippen LogP contribution >= 0.6 is 12.4 Å². The molecule has 13 nitrogen and oxygen atoms in total. The van der Waals surface area contributed by atoms with E-state index in [0.29, 0.717) is 48.9 Å². The molecular formula is C53H63ClN6O7. The number of piperidine rings is 4. The molecule has 3 N–H and O–H groups in total. The van der Waals surface area contributed by atoms with Gasteiger partial charge in [-0.25, -0.2) is 0 Å². The van der Waals surface area contributed by atoms with Crippen LogP contribution < -0.4 is 16.0 Å². The number of rotatable bonds is 7. The van der Waals surface area contributed by atoms with E-state index in [1.165, 1.54) is 22.3 Å². The van der Waals surface area contributed by atoms with E-state index < -0.39 is 12.1 Å². The van der Waals surface area contributed by atoms with Gasteiger partial charge in [-0.1, -0.05) is 85.3 Å². The molecule has 6 aliphatic heterocycles. The summed E-state index contributed by atoms with van der Waals surface area (Å²) in [6.45, 7) is 10.2. The van der Waals surface area contributed by atoms with Gasteiger partial charge in [-0.2, -0.15) is 0 Å². The quantitative estimate of drug-likeness (QED) is 0.132. The molecule has 6 amide bonds. The van der Waals surface area contributed by atoms with Gasteiger partial charge in [0.1, 0.15) is 18.4 Å². The lowest BCUT2D eigenvalue weighted by Gasteiger charge is -2.32. The number of hydrogen-bond donors (Lipinski definition) is 3. The molecule has 0 aliphatic carbocycles. The van der Waals surface area contributed by atoms with Crippen LogP contribution in [0.2, 0.25) is 0 Å². The molecule has 6 aliphatic rings. The molecule has 67 heavy (non-hydrogen) atoms. The summed E-state index contributed by atoms with van der Waals surface area (Å²) in [7, 11) is 0. The van der Waals surface area contributed by atoms with Crippen molar-refractivity contribution in [3.8, 4) is 0 Å². The Hall–Kier alpha value is -6.02. The Balaban J connectivity index is 0.000000186. The van der Waals surface area contributed by atoms with E-state index in [1.54, 1.807) is 15.9 Å². The van der Waals surface area contributed by atoms with Crippen LogP contribution in [0.3, 0.4) is 0 Å². The summed E-state index contributed by atoms with van der Waals surface area (Å²) in [5.41, 5.74) is 10.5. The van der Waals surface area contributed by atoms with Crippen LogP contribution in [0.25, 0.3) is 0 Å². The van der Waals surface area contributed by atoms with Gasteiger partial charge in [-0.3, -0.25) is 49.1 Å².